The van der Waals surface area contributed by atoms with Crippen molar-refractivity contribution in [3.63, 3.8) is 0 Å². The van der Waals surface area contributed by atoms with Crippen molar-refractivity contribution in [3.05, 3.63) is 71.3 Å². The van der Waals surface area contributed by atoms with Gasteiger partial charge in [-0.15, -0.1) is 12.4 Å². The molecule has 0 fully saturated rings. The maximum Gasteiger partial charge on any atom is 0.227 e. The molecule has 6 heteroatoms. The molecule has 3 nitrogen and oxygen atoms in total. The number of halogens is 3. The van der Waals surface area contributed by atoms with Gasteiger partial charge in [-0.25, -0.2) is 8.78 Å². The smallest absolute Gasteiger partial charge is 0.227 e. The molecule has 0 heterocycles. The van der Waals surface area contributed by atoms with Gasteiger partial charge in [-0.2, -0.15) is 0 Å². The normalized spacial score (nSPS) is 10.1. The fourth-order valence-corrected chi connectivity index (χ4v) is 2.33. The maximum atomic E-state index is 13.7. The first-order valence-corrected chi connectivity index (χ1v) is 7.56. The number of nitrogens with two attached hydrogens (primary N) is 1. The van der Waals surface area contributed by atoms with Gasteiger partial charge in [-0.1, -0.05) is 30.3 Å². The highest BCUT2D eigenvalue weighted by Crippen LogP contribution is 2.13. The van der Waals surface area contributed by atoms with Gasteiger partial charge in [-0.05, 0) is 36.7 Å². The van der Waals surface area contributed by atoms with Gasteiger partial charge in [0.25, 0.3) is 0 Å². The monoisotopic (exact) mass is 354 g/mol. The second kappa shape index (κ2) is 10.0. The second-order valence-electron chi connectivity index (χ2n) is 5.36. The Morgan fingerprint density at radius 2 is 1.79 bits per heavy atom. The first kappa shape index (κ1) is 20.1. The standard InChI is InChI=1S/C18H20F2N2O.ClH/c19-16-7-8-17(20)15(11-16)12-18(23)22(10-4-9-21)13-14-5-2-1-3-6-14;/h1-3,5-8,11H,4,9-10,12-13,21H2;1H. The van der Waals surface area contributed by atoms with Crippen molar-refractivity contribution in [3.8, 4) is 0 Å². The highest BCUT2D eigenvalue weighted by molar-refractivity contribution is 5.85. The van der Waals surface area contributed by atoms with Crippen LogP contribution >= 0.6 is 12.4 Å². The Bertz CT molecular complexity index is 653. The van der Waals surface area contributed by atoms with Crippen LogP contribution in [0.25, 0.3) is 0 Å². The van der Waals surface area contributed by atoms with Crippen LogP contribution in [0.5, 0.6) is 0 Å². The molecule has 2 aromatic carbocycles. The van der Waals surface area contributed by atoms with Crippen molar-refractivity contribution in [1.82, 2.24) is 4.90 Å². The number of rotatable bonds is 7. The van der Waals surface area contributed by atoms with Crippen LogP contribution in [0.3, 0.4) is 0 Å². The molecule has 0 bridgehead atoms. The number of nitrogens with zero attached hydrogens (tertiary/aromatic N) is 1. The van der Waals surface area contributed by atoms with Crippen LogP contribution in [0.4, 0.5) is 8.78 Å². The summed E-state index contributed by atoms with van der Waals surface area (Å²) >= 11 is 0. The van der Waals surface area contributed by atoms with Crippen LogP contribution in [0.1, 0.15) is 17.5 Å². The topological polar surface area (TPSA) is 46.3 Å². The summed E-state index contributed by atoms with van der Waals surface area (Å²) in [6.45, 7) is 1.38. The third kappa shape index (κ3) is 5.91. The van der Waals surface area contributed by atoms with Gasteiger partial charge in [0.15, 0.2) is 0 Å². The molecule has 130 valence electrons. The van der Waals surface area contributed by atoms with E-state index in [9.17, 15) is 13.6 Å². The molecule has 2 rings (SSSR count). The number of carbonyl (C=O) groups is 1. The van der Waals surface area contributed by atoms with Crippen molar-refractivity contribution in [1.29, 1.82) is 0 Å². The summed E-state index contributed by atoms with van der Waals surface area (Å²) in [5, 5.41) is 0. The van der Waals surface area contributed by atoms with E-state index in [2.05, 4.69) is 0 Å². The lowest BCUT2D eigenvalue weighted by atomic mass is 10.1. The van der Waals surface area contributed by atoms with Crippen LogP contribution in [0, 0.1) is 11.6 Å². The van der Waals surface area contributed by atoms with E-state index in [1.807, 2.05) is 30.3 Å². The molecule has 0 aliphatic rings. The highest BCUT2D eigenvalue weighted by Gasteiger charge is 2.16. The molecule has 0 spiro atoms. The predicted octanol–water partition coefficient (Wildman–Crippen LogP) is 3.31. The average molecular weight is 355 g/mol. The van der Waals surface area contributed by atoms with E-state index in [0.29, 0.717) is 26.1 Å². The fraction of sp³-hybridized carbons (Fsp3) is 0.278. The SMILES string of the molecule is Cl.NCCCN(Cc1ccccc1)C(=O)Cc1cc(F)ccc1F. The number of hydrogen-bond acceptors (Lipinski definition) is 2. The van der Waals surface area contributed by atoms with Crippen LogP contribution in [0.15, 0.2) is 48.5 Å². The third-order valence-corrected chi connectivity index (χ3v) is 3.55. The zero-order valence-corrected chi connectivity index (χ0v) is 14.1. The number of benzene rings is 2. The maximum absolute atomic E-state index is 13.7. The Hall–Kier alpha value is -1.98. The van der Waals surface area contributed by atoms with Gasteiger partial charge in [-0.3, -0.25) is 4.79 Å². The molecular weight excluding hydrogens is 334 g/mol. The Morgan fingerprint density at radius 3 is 2.46 bits per heavy atom. The molecule has 0 radical (unpaired) electrons. The summed E-state index contributed by atoms with van der Waals surface area (Å²) in [6, 6.07) is 12.7. The first-order chi connectivity index (χ1) is 11.1. The van der Waals surface area contributed by atoms with E-state index in [1.165, 1.54) is 0 Å². The van der Waals surface area contributed by atoms with Crippen LogP contribution in [-0.4, -0.2) is 23.9 Å². The summed E-state index contributed by atoms with van der Waals surface area (Å²) in [4.78, 5) is 14.1. The number of carbonyl (C=O) groups excluding carboxylic acids is 1. The molecule has 24 heavy (non-hydrogen) atoms. The second-order valence-corrected chi connectivity index (χ2v) is 5.36. The van der Waals surface area contributed by atoms with Gasteiger partial charge in [0.05, 0.1) is 6.42 Å². The van der Waals surface area contributed by atoms with Crippen LogP contribution < -0.4 is 5.73 Å². The van der Waals surface area contributed by atoms with E-state index < -0.39 is 11.6 Å². The molecular formula is C18H21ClF2N2O. The molecule has 1 amide bonds. The van der Waals surface area contributed by atoms with E-state index in [1.54, 1.807) is 4.90 Å². The fourth-order valence-electron chi connectivity index (χ4n) is 2.33. The van der Waals surface area contributed by atoms with Crippen LogP contribution in [-0.2, 0) is 17.8 Å². The summed E-state index contributed by atoms with van der Waals surface area (Å²) in [5.41, 5.74) is 6.57. The minimum Gasteiger partial charge on any atom is -0.338 e. The van der Waals surface area contributed by atoms with Crippen molar-refractivity contribution >= 4 is 18.3 Å². The lowest BCUT2D eigenvalue weighted by Gasteiger charge is -2.23. The summed E-state index contributed by atoms with van der Waals surface area (Å²) in [7, 11) is 0. The predicted molar refractivity (Wildman–Crippen MR) is 92.8 cm³/mol. The van der Waals surface area contributed by atoms with Gasteiger partial charge in [0.1, 0.15) is 11.6 Å². The largest absolute Gasteiger partial charge is 0.338 e. The lowest BCUT2D eigenvalue weighted by molar-refractivity contribution is -0.131. The van der Waals surface area contributed by atoms with Crippen molar-refractivity contribution in [2.24, 2.45) is 5.73 Å². The molecule has 0 unspecified atom stereocenters. The zero-order valence-electron chi connectivity index (χ0n) is 13.3. The Morgan fingerprint density at radius 1 is 1.08 bits per heavy atom. The number of amides is 1. The van der Waals surface area contributed by atoms with Crippen molar-refractivity contribution in [2.75, 3.05) is 13.1 Å². The summed E-state index contributed by atoms with van der Waals surface area (Å²) in [6.07, 6.45) is 0.491. The Labute approximate surface area is 146 Å². The first-order valence-electron chi connectivity index (χ1n) is 7.56. The van der Waals surface area contributed by atoms with Crippen molar-refractivity contribution < 1.29 is 13.6 Å². The number of hydrogen-bond donors (Lipinski definition) is 1. The molecule has 0 saturated carbocycles. The molecule has 0 aliphatic heterocycles. The minimum absolute atomic E-state index is 0. The zero-order chi connectivity index (χ0) is 16.7. The van der Waals surface area contributed by atoms with Gasteiger partial charge >= 0.3 is 0 Å². The Kier molecular flexibility index (Phi) is 8.36. The molecule has 0 aromatic heterocycles. The van der Waals surface area contributed by atoms with Crippen LogP contribution in [0.2, 0.25) is 0 Å². The molecule has 2 aromatic rings. The average Bonchev–Trinajstić information content (AvgIpc) is 2.55. The van der Waals surface area contributed by atoms with E-state index in [4.69, 9.17) is 5.73 Å². The summed E-state index contributed by atoms with van der Waals surface area (Å²) < 4.78 is 27.0. The third-order valence-electron chi connectivity index (χ3n) is 3.55. The molecule has 2 N–H and O–H groups in total. The summed E-state index contributed by atoms with van der Waals surface area (Å²) in [5.74, 6) is -1.36. The molecule has 0 aliphatic carbocycles. The van der Waals surface area contributed by atoms with E-state index >= 15 is 0 Å². The quantitative estimate of drug-likeness (QED) is 0.829. The molecule has 0 atom stereocenters. The Balaban J connectivity index is 0.00000288. The van der Waals surface area contributed by atoms with Crippen molar-refractivity contribution in [2.45, 2.75) is 19.4 Å². The van der Waals surface area contributed by atoms with E-state index in [0.717, 1.165) is 23.8 Å². The van der Waals surface area contributed by atoms with Gasteiger partial charge in [0.2, 0.25) is 5.91 Å². The highest BCUT2D eigenvalue weighted by atomic mass is 35.5. The van der Waals surface area contributed by atoms with E-state index in [-0.39, 0.29) is 30.3 Å². The lowest BCUT2D eigenvalue weighted by Crippen LogP contribution is -2.33. The minimum atomic E-state index is -0.571. The van der Waals surface area contributed by atoms with Gasteiger partial charge < -0.3 is 10.6 Å². The van der Waals surface area contributed by atoms with Gasteiger partial charge in [0, 0.05) is 18.7 Å². The molecule has 0 saturated heterocycles.